The second-order valence-electron chi connectivity index (χ2n) is 13.9. The summed E-state index contributed by atoms with van der Waals surface area (Å²) in [5.74, 6) is 0.672. The highest BCUT2D eigenvalue weighted by Crippen LogP contribution is 2.46. The monoisotopic (exact) mass is 701 g/mol. The number of hydrogen-bond donors (Lipinski definition) is 0. The molecule has 256 valence electrons. The highest BCUT2D eigenvalue weighted by molar-refractivity contribution is 6.27. The molecule has 0 bridgehead atoms. The van der Waals surface area contributed by atoms with Crippen LogP contribution in [0.2, 0.25) is 0 Å². The van der Waals surface area contributed by atoms with Crippen LogP contribution in [0.15, 0.2) is 192 Å². The highest BCUT2D eigenvalue weighted by atomic mass is 16.3. The zero-order valence-corrected chi connectivity index (χ0v) is 29.6. The van der Waals surface area contributed by atoms with Crippen molar-refractivity contribution >= 4 is 54.5 Å². The lowest BCUT2D eigenvalue weighted by Crippen LogP contribution is -1.96. The molecule has 0 aliphatic heterocycles. The number of benzene rings is 8. The number of nitrogens with zero attached hydrogens (tertiary/aromatic N) is 3. The summed E-state index contributed by atoms with van der Waals surface area (Å²) in [6.45, 7) is 0. The van der Waals surface area contributed by atoms with Crippen LogP contribution in [0.3, 0.4) is 0 Å². The van der Waals surface area contributed by atoms with Crippen LogP contribution in [0.5, 0.6) is 0 Å². The Morgan fingerprint density at radius 2 is 0.873 bits per heavy atom. The van der Waals surface area contributed by atoms with Crippen molar-refractivity contribution in [3.05, 3.63) is 188 Å². The summed E-state index contributed by atoms with van der Waals surface area (Å²) in [6, 6.07) is 65.4. The van der Waals surface area contributed by atoms with Gasteiger partial charge < -0.3 is 4.42 Å². The molecule has 0 aliphatic carbocycles. The van der Waals surface area contributed by atoms with Gasteiger partial charge in [0.25, 0.3) is 0 Å². The molecule has 3 heterocycles. The topological polar surface area (TPSA) is 51.8 Å². The smallest absolute Gasteiger partial charge is 0.160 e. The molecule has 55 heavy (non-hydrogen) atoms. The molecular formula is C51H31N3O. The van der Waals surface area contributed by atoms with E-state index in [1.165, 1.54) is 5.56 Å². The van der Waals surface area contributed by atoms with Crippen LogP contribution in [0.25, 0.3) is 111 Å². The van der Waals surface area contributed by atoms with Crippen molar-refractivity contribution in [2.75, 3.05) is 0 Å². The Bertz CT molecular complexity index is 3260. The average Bonchev–Trinajstić information content (AvgIpc) is 3.64. The zero-order valence-electron chi connectivity index (χ0n) is 29.6. The normalized spacial score (nSPS) is 11.6. The van der Waals surface area contributed by atoms with Crippen molar-refractivity contribution in [2.45, 2.75) is 0 Å². The van der Waals surface area contributed by atoms with E-state index in [-0.39, 0.29) is 0 Å². The lowest BCUT2D eigenvalue weighted by Gasteiger charge is -2.16. The molecule has 4 heteroatoms. The van der Waals surface area contributed by atoms with Crippen LogP contribution in [0.4, 0.5) is 0 Å². The van der Waals surface area contributed by atoms with Gasteiger partial charge in [-0.3, -0.25) is 0 Å². The highest BCUT2D eigenvalue weighted by Gasteiger charge is 2.22. The maximum atomic E-state index is 6.64. The number of rotatable bonds is 5. The van der Waals surface area contributed by atoms with E-state index in [1.54, 1.807) is 0 Å². The van der Waals surface area contributed by atoms with E-state index in [0.29, 0.717) is 5.82 Å². The van der Waals surface area contributed by atoms with Gasteiger partial charge in [-0.05, 0) is 53.1 Å². The van der Waals surface area contributed by atoms with Gasteiger partial charge in [0, 0.05) is 54.6 Å². The third-order valence-corrected chi connectivity index (χ3v) is 10.6. The summed E-state index contributed by atoms with van der Waals surface area (Å²) < 4.78 is 6.64. The number of aromatic nitrogens is 3. The van der Waals surface area contributed by atoms with Crippen molar-refractivity contribution in [1.29, 1.82) is 0 Å². The summed E-state index contributed by atoms with van der Waals surface area (Å²) in [5.41, 5.74) is 12.9. The van der Waals surface area contributed by atoms with Gasteiger partial charge >= 0.3 is 0 Å². The van der Waals surface area contributed by atoms with Gasteiger partial charge in [-0.15, -0.1) is 0 Å². The molecule has 0 aliphatic rings. The minimum atomic E-state index is 0.672. The van der Waals surface area contributed by atoms with Gasteiger partial charge in [-0.1, -0.05) is 152 Å². The first kappa shape index (κ1) is 31.1. The fourth-order valence-electron chi connectivity index (χ4n) is 8.14. The Morgan fingerprint density at radius 3 is 1.67 bits per heavy atom. The second-order valence-corrected chi connectivity index (χ2v) is 13.9. The molecule has 3 aromatic heterocycles. The van der Waals surface area contributed by atoms with Crippen LogP contribution in [0.1, 0.15) is 0 Å². The Balaban J connectivity index is 1.19. The van der Waals surface area contributed by atoms with E-state index in [1.807, 2.05) is 30.3 Å². The average molecular weight is 702 g/mol. The first-order chi connectivity index (χ1) is 27.3. The fraction of sp³-hybridized carbons (Fsp3) is 0. The summed E-state index contributed by atoms with van der Waals surface area (Å²) in [5, 5.41) is 6.43. The summed E-state index contributed by atoms with van der Waals surface area (Å²) in [4.78, 5) is 15.8. The van der Waals surface area contributed by atoms with Crippen LogP contribution >= 0.6 is 0 Å². The predicted octanol–water partition coefficient (Wildman–Crippen LogP) is 13.6. The van der Waals surface area contributed by atoms with E-state index in [9.17, 15) is 0 Å². The Hall–Kier alpha value is -7.43. The Morgan fingerprint density at radius 1 is 0.309 bits per heavy atom. The van der Waals surface area contributed by atoms with Crippen molar-refractivity contribution in [3.63, 3.8) is 0 Å². The molecule has 11 aromatic rings. The van der Waals surface area contributed by atoms with E-state index >= 15 is 0 Å². The molecule has 0 unspecified atom stereocenters. The quantitative estimate of drug-likeness (QED) is 0.168. The largest absolute Gasteiger partial charge is 0.456 e. The van der Waals surface area contributed by atoms with Crippen LogP contribution in [-0.2, 0) is 0 Å². The van der Waals surface area contributed by atoms with Crippen molar-refractivity contribution in [3.8, 4) is 56.2 Å². The Kier molecular flexibility index (Phi) is 7.14. The van der Waals surface area contributed by atoms with Gasteiger partial charge in [0.05, 0.1) is 22.4 Å². The third kappa shape index (κ3) is 5.19. The summed E-state index contributed by atoms with van der Waals surface area (Å²) in [7, 11) is 0. The molecule has 8 aromatic carbocycles. The molecule has 11 rings (SSSR count). The molecule has 4 nitrogen and oxygen atoms in total. The summed E-state index contributed by atoms with van der Waals surface area (Å²) in [6.07, 6.45) is 0. The van der Waals surface area contributed by atoms with E-state index < -0.39 is 0 Å². The molecular weight excluding hydrogens is 671 g/mol. The third-order valence-electron chi connectivity index (χ3n) is 10.6. The van der Waals surface area contributed by atoms with Gasteiger partial charge in [0.1, 0.15) is 11.2 Å². The minimum absolute atomic E-state index is 0.672. The van der Waals surface area contributed by atoms with Gasteiger partial charge in [0.2, 0.25) is 0 Å². The fourth-order valence-corrected chi connectivity index (χ4v) is 8.14. The molecule has 0 atom stereocenters. The molecule has 0 amide bonds. The molecule has 0 saturated carbocycles. The van der Waals surface area contributed by atoms with Crippen LogP contribution in [-0.4, -0.2) is 15.0 Å². The van der Waals surface area contributed by atoms with Crippen LogP contribution < -0.4 is 0 Å². The number of para-hydroxylation sites is 3. The van der Waals surface area contributed by atoms with Gasteiger partial charge in [-0.25, -0.2) is 15.0 Å². The first-order valence-electron chi connectivity index (χ1n) is 18.5. The molecule has 0 spiro atoms. The standard InChI is InChI=1S/C51H31N3O/c1-3-15-32(16-4-1)34-19-13-21-36(29-34)50-39-24-8-11-27-43(39)53-51(54-50)37-22-14-20-35(30-37)46-47-38-23-7-10-26-42(38)52-49(33-17-5-2-6-18-33)41(47)31-45-48(46)40-25-9-12-28-44(40)55-45/h1-31H. The van der Waals surface area contributed by atoms with Crippen molar-refractivity contribution < 1.29 is 4.42 Å². The second kappa shape index (κ2) is 12.6. The Labute approximate surface area is 317 Å². The minimum Gasteiger partial charge on any atom is -0.456 e. The lowest BCUT2D eigenvalue weighted by molar-refractivity contribution is 0.669. The van der Waals surface area contributed by atoms with Crippen LogP contribution in [0, 0.1) is 0 Å². The van der Waals surface area contributed by atoms with Gasteiger partial charge in [0.15, 0.2) is 5.82 Å². The van der Waals surface area contributed by atoms with Gasteiger partial charge in [-0.2, -0.15) is 0 Å². The number of pyridine rings is 1. The van der Waals surface area contributed by atoms with E-state index in [2.05, 4.69) is 158 Å². The molecule has 0 saturated heterocycles. The maximum Gasteiger partial charge on any atom is 0.160 e. The molecule has 0 radical (unpaired) electrons. The number of hydrogen-bond acceptors (Lipinski definition) is 4. The van der Waals surface area contributed by atoms with Crippen molar-refractivity contribution in [1.82, 2.24) is 15.0 Å². The van der Waals surface area contributed by atoms with E-state index in [4.69, 9.17) is 19.4 Å². The molecule has 0 fully saturated rings. The maximum absolute atomic E-state index is 6.64. The first-order valence-corrected chi connectivity index (χ1v) is 18.5. The molecule has 0 N–H and O–H groups in total. The van der Waals surface area contributed by atoms with Crippen molar-refractivity contribution in [2.24, 2.45) is 0 Å². The lowest BCUT2D eigenvalue weighted by atomic mass is 9.89. The predicted molar refractivity (Wildman–Crippen MR) is 227 cm³/mol. The number of furan rings is 1. The zero-order chi connectivity index (χ0) is 36.3. The summed E-state index contributed by atoms with van der Waals surface area (Å²) >= 11 is 0. The SMILES string of the molecule is c1ccc(-c2cccc(-c3nc(-c4cccc(-c5c6c(cc7c(-c8ccccc8)nc8ccccc8c57)oc5ccccc56)c4)nc4ccccc34)c2)cc1. The van der Waals surface area contributed by atoms with E-state index in [0.717, 1.165) is 99.3 Å². The number of fused-ring (bicyclic) bond motifs is 7.